The second kappa shape index (κ2) is 6.71. The van der Waals surface area contributed by atoms with E-state index in [4.69, 9.17) is 5.73 Å². The Morgan fingerprint density at radius 3 is 2.58 bits per heavy atom. The molecule has 0 bridgehead atoms. The zero-order chi connectivity index (χ0) is 13.7. The Morgan fingerprint density at radius 1 is 1.21 bits per heavy atom. The van der Waals surface area contributed by atoms with Crippen LogP contribution < -0.4 is 11.1 Å². The third-order valence-electron chi connectivity index (χ3n) is 4.01. The number of hydrogen-bond donors (Lipinski definition) is 2. The third-order valence-corrected chi connectivity index (χ3v) is 4.01. The highest BCUT2D eigenvalue weighted by Gasteiger charge is 2.22. The summed E-state index contributed by atoms with van der Waals surface area (Å²) in [4.78, 5) is 12.2. The summed E-state index contributed by atoms with van der Waals surface area (Å²) in [7, 11) is 0. The molecule has 1 aromatic rings. The number of nitrogens with one attached hydrogen (secondary N) is 1. The topological polar surface area (TPSA) is 55.1 Å². The van der Waals surface area contributed by atoms with Gasteiger partial charge in [-0.15, -0.1) is 0 Å². The Kier molecular flexibility index (Phi) is 4.97. The molecule has 2 atom stereocenters. The molecule has 2 rings (SSSR count). The van der Waals surface area contributed by atoms with Gasteiger partial charge in [0.25, 0.3) is 5.91 Å². The summed E-state index contributed by atoms with van der Waals surface area (Å²) in [5.41, 5.74) is 8.12. The lowest BCUT2D eigenvalue weighted by atomic mass is 10.0. The minimum atomic E-state index is 0.00463. The Bertz CT molecular complexity index is 413. The Morgan fingerprint density at radius 2 is 1.89 bits per heavy atom. The van der Waals surface area contributed by atoms with Crippen molar-refractivity contribution in [1.29, 1.82) is 0 Å². The number of aryl methyl sites for hydroxylation is 1. The molecule has 1 aliphatic carbocycles. The van der Waals surface area contributed by atoms with Gasteiger partial charge in [-0.3, -0.25) is 4.79 Å². The first kappa shape index (κ1) is 14.1. The van der Waals surface area contributed by atoms with Gasteiger partial charge in [0.1, 0.15) is 0 Å². The fourth-order valence-electron chi connectivity index (χ4n) is 2.66. The average molecular weight is 260 g/mol. The molecule has 1 amide bonds. The van der Waals surface area contributed by atoms with Gasteiger partial charge in [0.15, 0.2) is 0 Å². The fourth-order valence-corrected chi connectivity index (χ4v) is 2.66. The maximum atomic E-state index is 12.2. The smallest absolute Gasteiger partial charge is 0.251 e. The highest BCUT2D eigenvalue weighted by Crippen LogP contribution is 2.17. The number of benzene rings is 1. The maximum absolute atomic E-state index is 12.2. The lowest BCUT2D eigenvalue weighted by Gasteiger charge is -2.22. The van der Waals surface area contributed by atoms with E-state index < -0.39 is 0 Å². The predicted molar refractivity (Wildman–Crippen MR) is 78.1 cm³/mol. The molecule has 0 radical (unpaired) electrons. The van der Waals surface area contributed by atoms with Gasteiger partial charge in [0.2, 0.25) is 0 Å². The number of hydrogen-bond acceptors (Lipinski definition) is 2. The van der Waals surface area contributed by atoms with Crippen molar-refractivity contribution in [1.82, 2.24) is 5.32 Å². The van der Waals surface area contributed by atoms with E-state index in [0.29, 0.717) is 0 Å². The summed E-state index contributed by atoms with van der Waals surface area (Å²) in [6.07, 6.45) is 6.58. The van der Waals surface area contributed by atoms with E-state index in [1.807, 2.05) is 24.3 Å². The predicted octanol–water partition coefficient (Wildman–Crippen LogP) is 2.64. The molecule has 104 valence electrons. The molecule has 3 nitrogen and oxygen atoms in total. The quantitative estimate of drug-likeness (QED) is 0.821. The first-order valence-electron chi connectivity index (χ1n) is 7.36. The van der Waals surface area contributed by atoms with Crippen molar-refractivity contribution >= 4 is 5.91 Å². The molecule has 0 aromatic heterocycles. The maximum Gasteiger partial charge on any atom is 0.251 e. The van der Waals surface area contributed by atoms with Crippen LogP contribution >= 0.6 is 0 Å². The van der Waals surface area contributed by atoms with E-state index in [-0.39, 0.29) is 18.0 Å². The lowest BCUT2D eigenvalue weighted by molar-refractivity contribution is 0.0929. The molecule has 1 fully saturated rings. The number of amides is 1. The van der Waals surface area contributed by atoms with E-state index in [2.05, 4.69) is 12.2 Å². The van der Waals surface area contributed by atoms with Crippen LogP contribution in [0.3, 0.4) is 0 Å². The number of carbonyl (C=O) groups excluding carboxylic acids is 1. The third kappa shape index (κ3) is 3.80. The van der Waals surface area contributed by atoms with E-state index in [9.17, 15) is 4.79 Å². The van der Waals surface area contributed by atoms with Crippen molar-refractivity contribution in [2.75, 3.05) is 0 Å². The van der Waals surface area contributed by atoms with Crippen molar-refractivity contribution in [3.63, 3.8) is 0 Å². The summed E-state index contributed by atoms with van der Waals surface area (Å²) in [6.45, 7) is 2.11. The van der Waals surface area contributed by atoms with Crippen LogP contribution in [0.25, 0.3) is 0 Å². The van der Waals surface area contributed by atoms with Crippen LogP contribution in [-0.2, 0) is 6.42 Å². The van der Waals surface area contributed by atoms with Gasteiger partial charge in [-0.05, 0) is 37.0 Å². The van der Waals surface area contributed by atoms with Crippen molar-refractivity contribution in [2.24, 2.45) is 5.73 Å². The van der Waals surface area contributed by atoms with Crippen LogP contribution in [0.2, 0.25) is 0 Å². The molecule has 3 heteroatoms. The van der Waals surface area contributed by atoms with Gasteiger partial charge >= 0.3 is 0 Å². The molecule has 0 spiro atoms. The summed E-state index contributed by atoms with van der Waals surface area (Å²) in [5, 5.41) is 3.10. The van der Waals surface area contributed by atoms with Gasteiger partial charge in [-0.2, -0.15) is 0 Å². The molecule has 1 saturated carbocycles. The summed E-state index contributed by atoms with van der Waals surface area (Å²) < 4.78 is 0. The molecule has 0 heterocycles. The van der Waals surface area contributed by atoms with Gasteiger partial charge in [0.05, 0.1) is 0 Å². The van der Waals surface area contributed by atoms with Crippen LogP contribution in [0.1, 0.15) is 54.9 Å². The lowest BCUT2D eigenvalue weighted by Crippen LogP contribution is -2.46. The normalized spacial score (nSPS) is 23.7. The van der Waals surface area contributed by atoms with Crippen LogP contribution in [0.5, 0.6) is 0 Å². The Balaban J connectivity index is 1.98. The average Bonchev–Trinajstić information content (AvgIpc) is 2.64. The SMILES string of the molecule is CCc1ccc(C(=O)NC2CCCCCC2N)cc1. The molecule has 1 aliphatic rings. The van der Waals surface area contributed by atoms with Crippen molar-refractivity contribution in [2.45, 2.75) is 57.5 Å². The molecular formula is C16H24N2O. The number of carbonyl (C=O) groups is 1. The molecule has 3 N–H and O–H groups in total. The second-order valence-corrected chi connectivity index (χ2v) is 5.43. The van der Waals surface area contributed by atoms with E-state index in [1.165, 1.54) is 18.4 Å². The molecule has 2 unspecified atom stereocenters. The van der Waals surface area contributed by atoms with Crippen molar-refractivity contribution < 1.29 is 4.79 Å². The number of rotatable bonds is 3. The Hall–Kier alpha value is -1.35. The highest BCUT2D eigenvalue weighted by molar-refractivity contribution is 5.94. The fraction of sp³-hybridized carbons (Fsp3) is 0.562. The van der Waals surface area contributed by atoms with E-state index in [1.54, 1.807) is 0 Å². The first-order valence-corrected chi connectivity index (χ1v) is 7.36. The van der Waals surface area contributed by atoms with Crippen molar-refractivity contribution in [3.8, 4) is 0 Å². The van der Waals surface area contributed by atoms with Crippen LogP contribution in [0.15, 0.2) is 24.3 Å². The number of nitrogens with two attached hydrogens (primary N) is 1. The van der Waals surface area contributed by atoms with Crippen LogP contribution in [-0.4, -0.2) is 18.0 Å². The van der Waals surface area contributed by atoms with Gasteiger partial charge in [-0.25, -0.2) is 0 Å². The monoisotopic (exact) mass is 260 g/mol. The largest absolute Gasteiger partial charge is 0.348 e. The standard InChI is InChI=1S/C16H24N2O/c1-2-12-8-10-13(11-9-12)16(19)18-15-7-5-3-4-6-14(15)17/h8-11,14-15H,2-7,17H2,1H3,(H,18,19). The van der Waals surface area contributed by atoms with Crippen LogP contribution in [0.4, 0.5) is 0 Å². The van der Waals surface area contributed by atoms with Gasteiger partial charge < -0.3 is 11.1 Å². The summed E-state index contributed by atoms with van der Waals surface area (Å²) in [5.74, 6) is 0.00463. The minimum Gasteiger partial charge on any atom is -0.348 e. The first-order chi connectivity index (χ1) is 9.20. The molecule has 1 aromatic carbocycles. The van der Waals surface area contributed by atoms with E-state index in [0.717, 1.165) is 31.2 Å². The second-order valence-electron chi connectivity index (χ2n) is 5.43. The Labute approximate surface area is 115 Å². The minimum absolute atomic E-state index is 0.00463. The summed E-state index contributed by atoms with van der Waals surface area (Å²) >= 11 is 0. The highest BCUT2D eigenvalue weighted by atomic mass is 16.1. The van der Waals surface area contributed by atoms with Crippen LogP contribution in [0, 0.1) is 0 Å². The molecule has 0 aliphatic heterocycles. The zero-order valence-electron chi connectivity index (χ0n) is 11.7. The molecule has 0 saturated heterocycles. The zero-order valence-corrected chi connectivity index (χ0v) is 11.7. The van der Waals surface area contributed by atoms with Gasteiger partial charge in [-0.1, -0.05) is 38.3 Å². The molecule has 19 heavy (non-hydrogen) atoms. The molecular weight excluding hydrogens is 236 g/mol. The van der Waals surface area contributed by atoms with Crippen molar-refractivity contribution in [3.05, 3.63) is 35.4 Å². The van der Waals surface area contributed by atoms with Gasteiger partial charge in [0, 0.05) is 17.6 Å². The van der Waals surface area contributed by atoms with E-state index >= 15 is 0 Å². The summed E-state index contributed by atoms with van der Waals surface area (Å²) in [6, 6.07) is 8.05.